The molecule has 0 saturated carbocycles. The van der Waals surface area contributed by atoms with Crippen LogP contribution in [0.1, 0.15) is 23.2 Å². The first-order chi connectivity index (χ1) is 8.20. The van der Waals surface area contributed by atoms with Crippen molar-refractivity contribution in [1.82, 2.24) is 9.88 Å². The number of hydrogen-bond donors (Lipinski definition) is 2. The molecule has 17 heavy (non-hydrogen) atoms. The van der Waals surface area contributed by atoms with Gasteiger partial charge in [0.2, 0.25) is 5.56 Å². The highest BCUT2D eigenvalue weighted by atomic mass is 16.2. The number of nitrogens with one attached hydrogen (secondary N) is 1. The van der Waals surface area contributed by atoms with Crippen molar-refractivity contribution in [2.75, 3.05) is 19.6 Å². The van der Waals surface area contributed by atoms with E-state index in [9.17, 15) is 9.59 Å². The summed E-state index contributed by atoms with van der Waals surface area (Å²) in [4.78, 5) is 27.5. The molecule has 1 fully saturated rings. The van der Waals surface area contributed by atoms with E-state index in [1.54, 1.807) is 11.0 Å². The number of rotatable bonds is 2. The Morgan fingerprint density at radius 2 is 2.18 bits per heavy atom. The minimum absolute atomic E-state index is 0.0634. The number of nitrogens with two attached hydrogens (primary N) is 1. The molecule has 1 aromatic rings. The fourth-order valence-electron chi connectivity index (χ4n) is 2.13. The third kappa shape index (κ3) is 2.74. The summed E-state index contributed by atoms with van der Waals surface area (Å²) >= 11 is 0. The van der Waals surface area contributed by atoms with Crippen molar-refractivity contribution in [1.29, 1.82) is 0 Å². The normalized spacial score (nSPS) is 17.1. The van der Waals surface area contributed by atoms with Crippen LogP contribution in [-0.2, 0) is 0 Å². The number of aromatic nitrogens is 1. The lowest BCUT2D eigenvalue weighted by atomic mass is 9.97. The second-order valence-corrected chi connectivity index (χ2v) is 4.41. The number of H-pyrrole nitrogens is 1. The van der Waals surface area contributed by atoms with Crippen molar-refractivity contribution in [3.63, 3.8) is 0 Å². The first kappa shape index (κ1) is 11.9. The summed E-state index contributed by atoms with van der Waals surface area (Å²) < 4.78 is 0. The van der Waals surface area contributed by atoms with Gasteiger partial charge in [-0.05, 0) is 31.4 Å². The second kappa shape index (κ2) is 5.14. The Morgan fingerprint density at radius 3 is 2.76 bits per heavy atom. The van der Waals surface area contributed by atoms with Gasteiger partial charge in [-0.2, -0.15) is 0 Å². The number of carbonyl (C=O) groups is 1. The number of aromatic amines is 1. The number of amides is 1. The van der Waals surface area contributed by atoms with Crippen LogP contribution in [0, 0.1) is 5.92 Å². The Hall–Kier alpha value is -1.62. The lowest BCUT2D eigenvalue weighted by Crippen LogP contribution is -2.40. The number of likely N-dealkylation sites (tertiary alicyclic amines) is 1. The van der Waals surface area contributed by atoms with Gasteiger partial charge in [0.15, 0.2) is 0 Å². The molecule has 0 bridgehead atoms. The van der Waals surface area contributed by atoms with Gasteiger partial charge in [0.05, 0.1) is 0 Å². The minimum Gasteiger partial charge on any atom is -0.339 e. The lowest BCUT2D eigenvalue weighted by molar-refractivity contribution is 0.0693. The van der Waals surface area contributed by atoms with Crippen LogP contribution in [0.4, 0.5) is 0 Å². The van der Waals surface area contributed by atoms with Crippen LogP contribution in [0.25, 0.3) is 0 Å². The van der Waals surface area contributed by atoms with Crippen LogP contribution in [0.15, 0.2) is 23.1 Å². The van der Waals surface area contributed by atoms with E-state index in [1.165, 1.54) is 12.3 Å². The lowest BCUT2D eigenvalue weighted by Gasteiger charge is -2.31. The minimum atomic E-state index is -0.243. The van der Waals surface area contributed by atoms with E-state index in [0.29, 0.717) is 18.0 Å². The Kier molecular flexibility index (Phi) is 3.58. The molecule has 92 valence electrons. The summed E-state index contributed by atoms with van der Waals surface area (Å²) in [7, 11) is 0. The summed E-state index contributed by atoms with van der Waals surface area (Å²) in [6.45, 7) is 2.15. The Labute approximate surface area is 99.6 Å². The van der Waals surface area contributed by atoms with Crippen LogP contribution >= 0.6 is 0 Å². The van der Waals surface area contributed by atoms with Gasteiger partial charge < -0.3 is 15.6 Å². The van der Waals surface area contributed by atoms with Crippen LogP contribution < -0.4 is 11.3 Å². The van der Waals surface area contributed by atoms with E-state index in [1.807, 2.05) is 0 Å². The van der Waals surface area contributed by atoms with Crippen molar-refractivity contribution in [2.45, 2.75) is 12.8 Å². The van der Waals surface area contributed by atoms with Crippen molar-refractivity contribution in [3.8, 4) is 0 Å². The molecule has 1 aromatic heterocycles. The second-order valence-electron chi connectivity index (χ2n) is 4.41. The molecule has 1 saturated heterocycles. The molecule has 0 spiro atoms. The molecule has 0 atom stereocenters. The third-order valence-electron chi connectivity index (χ3n) is 3.26. The van der Waals surface area contributed by atoms with Gasteiger partial charge >= 0.3 is 0 Å². The monoisotopic (exact) mass is 235 g/mol. The molecule has 1 aliphatic rings. The largest absolute Gasteiger partial charge is 0.339 e. The van der Waals surface area contributed by atoms with E-state index in [0.717, 1.165) is 25.9 Å². The predicted molar refractivity (Wildman–Crippen MR) is 64.7 cm³/mol. The number of nitrogens with zero attached hydrogens (tertiary/aromatic N) is 1. The zero-order valence-electron chi connectivity index (χ0n) is 9.69. The van der Waals surface area contributed by atoms with Crippen molar-refractivity contribution < 1.29 is 4.79 Å². The molecule has 0 radical (unpaired) electrons. The van der Waals surface area contributed by atoms with Crippen LogP contribution in [-0.4, -0.2) is 35.4 Å². The summed E-state index contributed by atoms with van der Waals surface area (Å²) in [5.41, 5.74) is 5.82. The first-order valence-electron chi connectivity index (χ1n) is 5.89. The number of carbonyl (C=O) groups excluding carboxylic acids is 1. The standard InChI is InChI=1S/C12H17N3O2/c13-8-9-2-5-15(6-3-9)12(17)10-1-4-14-11(16)7-10/h1,4,7,9H,2-3,5-6,8,13H2,(H,14,16). The predicted octanol–water partition coefficient (Wildman–Crippen LogP) is 0.186. The molecular weight excluding hydrogens is 218 g/mol. The van der Waals surface area contributed by atoms with E-state index >= 15 is 0 Å². The van der Waals surface area contributed by atoms with Crippen molar-refractivity contribution in [2.24, 2.45) is 11.7 Å². The Balaban J connectivity index is 2.04. The highest BCUT2D eigenvalue weighted by Crippen LogP contribution is 2.17. The smallest absolute Gasteiger partial charge is 0.254 e. The number of pyridine rings is 1. The SMILES string of the molecule is NCC1CCN(C(=O)c2cc[nH]c(=O)c2)CC1. The average molecular weight is 235 g/mol. The average Bonchev–Trinajstić information content (AvgIpc) is 2.38. The van der Waals surface area contributed by atoms with Gasteiger partial charge in [-0.1, -0.05) is 0 Å². The fraction of sp³-hybridized carbons (Fsp3) is 0.500. The van der Waals surface area contributed by atoms with Crippen LogP contribution in [0.5, 0.6) is 0 Å². The summed E-state index contributed by atoms with van der Waals surface area (Å²) in [6, 6.07) is 2.98. The van der Waals surface area contributed by atoms with Crippen molar-refractivity contribution >= 4 is 5.91 Å². The van der Waals surface area contributed by atoms with Crippen molar-refractivity contribution in [3.05, 3.63) is 34.2 Å². The molecule has 1 aliphatic heterocycles. The third-order valence-corrected chi connectivity index (χ3v) is 3.26. The summed E-state index contributed by atoms with van der Waals surface area (Å²) in [6.07, 6.45) is 3.40. The van der Waals surface area contributed by atoms with Crippen LogP contribution in [0.3, 0.4) is 0 Å². The molecule has 3 N–H and O–H groups in total. The maximum absolute atomic E-state index is 12.1. The van der Waals surface area contributed by atoms with Crippen LogP contribution in [0.2, 0.25) is 0 Å². The van der Waals surface area contributed by atoms with Gasteiger partial charge in [-0.3, -0.25) is 9.59 Å². The summed E-state index contributed by atoms with van der Waals surface area (Å²) in [5.74, 6) is 0.463. The summed E-state index contributed by atoms with van der Waals surface area (Å²) in [5, 5.41) is 0. The molecule has 2 rings (SSSR count). The first-order valence-corrected chi connectivity index (χ1v) is 5.89. The topological polar surface area (TPSA) is 79.2 Å². The highest BCUT2D eigenvalue weighted by molar-refractivity contribution is 5.94. The quantitative estimate of drug-likeness (QED) is 0.767. The van der Waals surface area contributed by atoms with Gasteiger partial charge in [-0.25, -0.2) is 0 Å². The molecule has 0 aliphatic carbocycles. The maximum Gasteiger partial charge on any atom is 0.254 e. The van der Waals surface area contributed by atoms with Gasteiger partial charge in [0.1, 0.15) is 0 Å². The van der Waals surface area contributed by atoms with E-state index in [-0.39, 0.29) is 11.5 Å². The van der Waals surface area contributed by atoms with E-state index < -0.39 is 0 Å². The molecule has 0 aromatic carbocycles. The number of hydrogen-bond acceptors (Lipinski definition) is 3. The molecule has 5 nitrogen and oxygen atoms in total. The fourth-order valence-corrected chi connectivity index (χ4v) is 2.13. The Morgan fingerprint density at radius 1 is 1.47 bits per heavy atom. The zero-order valence-corrected chi connectivity index (χ0v) is 9.69. The zero-order chi connectivity index (χ0) is 12.3. The number of piperidine rings is 1. The van der Waals surface area contributed by atoms with E-state index in [4.69, 9.17) is 5.73 Å². The molecule has 1 amide bonds. The molecule has 2 heterocycles. The van der Waals surface area contributed by atoms with Gasteiger partial charge in [-0.15, -0.1) is 0 Å². The molecule has 0 unspecified atom stereocenters. The van der Waals surface area contributed by atoms with Gasteiger partial charge in [0, 0.05) is 30.9 Å². The molecular formula is C12H17N3O2. The van der Waals surface area contributed by atoms with E-state index in [2.05, 4.69) is 4.98 Å². The maximum atomic E-state index is 12.1. The molecule has 5 heteroatoms. The highest BCUT2D eigenvalue weighted by Gasteiger charge is 2.22. The van der Waals surface area contributed by atoms with Gasteiger partial charge in [0.25, 0.3) is 5.91 Å². The Bertz CT molecular complexity index is 447.